The molecule has 3 aromatic carbocycles. The quantitative estimate of drug-likeness (QED) is 0.644. The van der Waals surface area contributed by atoms with Crippen LogP contribution < -0.4 is 5.73 Å². The molecule has 0 saturated heterocycles. The second-order valence-corrected chi connectivity index (χ2v) is 7.17. The number of nitrogens with two attached hydrogens (primary N) is 1. The first-order chi connectivity index (χ1) is 12.9. The maximum Gasteiger partial charge on any atom is 0.310 e. The Hall–Kier alpha value is -2.69. The van der Waals surface area contributed by atoms with Gasteiger partial charge >= 0.3 is 5.97 Å². The molecule has 0 fully saturated rings. The zero-order valence-electron chi connectivity index (χ0n) is 15.6. The summed E-state index contributed by atoms with van der Waals surface area (Å²) >= 11 is 0. The fourth-order valence-corrected chi connectivity index (χ4v) is 3.43. The average molecular weight is 363 g/mol. The smallest absolute Gasteiger partial charge is 0.310 e. The van der Waals surface area contributed by atoms with Crippen molar-refractivity contribution in [1.82, 2.24) is 0 Å². The summed E-state index contributed by atoms with van der Waals surface area (Å²) in [5.41, 5.74) is 10.2. The van der Waals surface area contributed by atoms with Crippen LogP contribution in [-0.4, -0.2) is 22.3 Å². The third kappa shape index (κ3) is 4.18. The first-order valence-corrected chi connectivity index (χ1v) is 9.11. The summed E-state index contributed by atoms with van der Waals surface area (Å²) in [5, 5.41) is 20.8. The maximum atomic E-state index is 10.6. The Balaban J connectivity index is 0.000000161. The highest BCUT2D eigenvalue weighted by Gasteiger charge is 2.27. The normalized spacial score (nSPS) is 19.1. The number of hydrogen-bond donors (Lipinski definition) is 3. The SMILES string of the molecule is Cc1cccc([C@H](C)C(=O)O)c1.N[C@@H]1c2cc3ccccc3cc2C[C@@H]1O. The minimum atomic E-state index is -0.777. The molecule has 0 spiro atoms. The van der Waals surface area contributed by atoms with Crippen LogP contribution in [0.25, 0.3) is 10.8 Å². The number of fused-ring (bicyclic) bond motifs is 2. The summed E-state index contributed by atoms with van der Waals surface area (Å²) in [5.74, 6) is -1.19. The van der Waals surface area contributed by atoms with Crippen LogP contribution in [0.15, 0.2) is 60.7 Å². The molecule has 0 unspecified atom stereocenters. The standard InChI is InChI=1S/C13H13NO.C10H12O2/c14-13-11-6-9-4-2-1-3-8(9)5-10(11)7-12(13)15;1-7-4-3-5-9(6-7)8(2)10(11)12/h1-6,12-13,15H,7,14H2;3-6,8H,1-2H3,(H,11,12)/t12-,13+;8-/m00/s1. The lowest BCUT2D eigenvalue weighted by Gasteiger charge is -2.09. The van der Waals surface area contributed by atoms with Crippen LogP contribution in [0.2, 0.25) is 0 Å². The Morgan fingerprint density at radius 2 is 1.74 bits per heavy atom. The molecule has 0 amide bonds. The predicted molar refractivity (Wildman–Crippen MR) is 108 cm³/mol. The van der Waals surface area contributed by atoms with Gasteiger partial charge in [-0.1, -0.05) is 60.2 Å². The molecular formula is C23H25NO3. The van der Waals surface area contributed by atoms with Crippen molar-refractivity contribution < 1.29 is 15.0 Å². The number of aryl methyl sites for hydroxylation is 1. The van der Waals surface area contributed by atoms with E-state index in [4.69, 9.17) is 10.8 Å². The highest BCUT2D eigenvalue weighted by Crippen LogP contribution is 2.32. The topological polar surface area (TPSA) is 83.5 Å². The third-order valence-corrected chi connectivity index (χ3v) is 5.12. The molecule has 4 heteroatoms. The number of carboxylic acid groups (broad SMARTS) is 1. The lowest BCUT2D eigenvalue weighted by molar-refractivity contribution is -0.138. The molecular weight excluding hydrogens is 338 g/mol. The number of aliphatic hydroxyl groups is 1. The van der Waals surface area contributed by atoms with Crippen LogP contribution in [0.5, 0.6) is 0 Å². The van der Waals surface area contributed by atoms with Gasteiger partial charge in [0, 0.05) is 6.42 Å². The van der Waals surface area contributed by atoms with Gasteiger partial charge in [0.05, 0.1) is 18.1 Å². The fraction of sp³-hybridized carbons (Fsp3) is 0.261. The molecule has 0 heterocycles. The lowest BCUT2D eigenvalue weighted by Crippen LogP contribution is -2.21. The predicted octanol–water partition coefficient (Wildman–Crippen LogP) is 3.94. The highest BCUT2D eigenvalue weighted by atomic mass is 16.4. The van der Waals surface area contributed by atoms with Crippen molar-refractivity contribution in [3.8, 4) is 0 Å². The zero-order valence-corrected chi connectivity index (χ0v) is 15.6. The Labute approximate surface area is 159 Å². The van der Waals surface area contributed by atoms with Crippen LogP contribution in [0.4, 0.5) is 0 Å². The fourth-order valence-electron chi connectivity index (χ4n) is 3.43. The highest BCUT2D eigenvalue weighted by molar-refractivity contribution is 5.84. The maximum absolute atomic E-state index is 10.6. The Bertz CT molecular complexity index is 967. The number of carbonyl (C=O) groups is 1. The number of benzene rings is 3. The van der Waals surface area contributed by atoms with Crippen molar-refractivity contribution in [2.45, 2.75) is 38.3 Å². The van der Waals surface area contributed by atoms with Gasteiger partial charge in [0.15, 0.2) is 0 Å². The summed E-state index contributed by atoms with van der Waals surface area (Å²) in [6.45, 7) is 3.65. The van der Waals surface area contributed by atoms with Crippen molar-refractivity contribution in [3.63, 3.8) is 0 Å². The van der Waals surface area contributed by atoms with Gasteiger partial charge in [-0.05, 0) is 47.4 Å². The molecule has 0 radical (unpaired) electrons. The first kappa shape index (κ1) is 19.1. The van der Waals surface area contributed by atoms with E-state index in [-0.39, 0.29) is 6.04 Å². The summed E-state index contributed by atoms with van der Waals surface area (Å²) in [6, 6.07) is 19.8. The molecule has 1 aliphatic rings. The summed E-state index contributed by atoms with van der Waals surface area (Å²) < 4.78 is 0. The largest absolute Gasteiger partial charge is 0.481 e. The molecule has 1 aliphatic carbocycles. The van der Waals surface area contributed by atoms with Crippen LogP contribution in [0.3, 0.4) is 0 Å². The van der Waals surface area contributed by atoms with E-state index in [9.17, 15) is 9.90 Å². The number of rotatable bonds is 2. The second kappa shape index (κ2) is 7.91. The van der Waals surface area contributed by atoms with Gasteiger partial charge in [-0.2, -0.15) is 0 Å². The molecule has 4 N–H and O–H groups in total. The van der Waals surface area contributed by atoms with E-state index in [2.05, 4.69) is 24.3 Å². The van der Waals surface area contributed by atoms with E-state index < -0.39 is 18.0 Å². The molecule has 0 aliphatic heterocycles. The first-order valence-electron chi connectivity index (χ1n) is 9.11. The van der Waals surface area contributed by atoms with Gasteiger partial charge in [-0.3, -0.25) is 4.79 Å². The van der Waals surface area contributed by atoms with E-state index in [1.54, 1.807) is 6.92 Å². The van der Waals surface area contributed by atoms with Gasteiger partial charge in [-0.25, -0.2) is 0 Å². The van der Waals surface area contributed by atoms with Crippen LogP contribution in [0, 0.1) is 6.92 Å². The molecule has 140 valence electrons. The second-order valence-electron chi connectivity index (χ2n) is 7.17. The van der Waals surface area contributed by atoms with Gasteiger partial charge in [0.1, 0.15) is 0 Å². The van der Waals surface area contributed by atoms with E-state index >= 15 is 0 Å². The zero-order chi connectivity index (χ0) is 19.6. The van der Waals surface area contributed by atoms with Crippen LogP contribution in [0.1, 0.15) is 41.1 Å². The number of hydrogen-bond acceptors (Lipinski definition) is 3. The van der Waals surface area contributed by atoms with Crippen LogP contribution in [-0.2, 0) is 11.2 Å². The molecule has 27 heavy (non-hydrogen) atoms. The van der Waals surface area contributed by atoms with Gasteiger partial charge < -0.3 is 15.9 Å². The number of aliphatic carboxylic acids is 1. The Kier molecular flexibility index (Phi) is 5.59. The number of carboxylic acids is 1. The molecule has 0 saturated carbocycles. The van der Waals surface area contributed by atoms with E-state index in [1.165, 1.54) is 16.3 Å². The molecule has 3 aromatic rings. The van der Waals surface area contributed by atoms with E-state index in [1.807, 2.05) is 43.3 Å². The van der Waals surface area contributed by atoms with Crippen LogP contribution >= 0.6 is 0 Å². The van der Waals surface area contributed by atoms with Gasteiger partial charge in [0.25, 0.3) is 0 Å². The van der Waals surface area contributed by atoms with Crippen molar-refractivity contribution in [3.05, 3.63) is 82.9 Å². The van der Waals surface area contributed by atoms with Crippen molar-refractivity contribution in [2.75, 3.05) is 0 Å². The lowest BCUT2D eigenvalue weighted by atomic mass is 10.00. The monoisotopic (exact) mass is 363 g/mol. The van der Waals surface area contributed by atoms with Crippen molar-refractivity contribution in [1.29, 1.82) is 0 Å². The van der Waals surface area contributed by atoms with E-state index in [0.717, 1.165) is 16.7 Å². The van der Waals surface area contributed by atoms with E-state index in [0.29, 0.717) is 6.42 Å². The third-order valence-electron chi connectivity index (χ3n) is 5.12. The van der Waals surface area contributed by atoms with Gasteiger partial charge in [-0.15, -0.1) is 0 Å². The summed E-state index contributed by atoms with van der Waals surface area (Å²) in [6.07, 6.45) is 0.262. The Morgan fingerprint density at radius 3 is 2.37 bits per heavy atom. The minimum absolute atomic E-state index is 0.218. The summed E-state index contributed by atoms with van der Waals surface area (Å²) in [4.78, 5) is 10.6. The van der Waals surface area contributed by atoms with Crippen molar-refractivity contribution in [2.24, 2.45) is 5.73 Å². The molecule has 4 rings (SSSR count). The Morgan fingerprint density at radius 1 is 1.07 bits per heavy atom. The minimum Gasteiger partial charge on any atom is -0.481 e. The van der Waals surface area contributed by atoms with Gasteiger partial charge in [0.2, 0.25) is 0 Å². The molecule has 4 nitrogen and oxygen atoms in total. The molecule has 0 bridgehead atoms. The molecule has 0 aromatic heterocycles. The average Bonchev–Trinajstić information content (AvgIpc) is 2.93. The number of aliphatic hydroxyl groups excluding tert-OH is 1. The van der Waals surface area contributed by atoms with Crippen molar-refractivity contribution >= 4 is 16.7 Å². The molecule has 3 atom stereocenters. The summed E-state index contributed by atoms with van der Waals surface area (Å²) in [7, 11) is 0.